The van der Waals surface area contributed by atoms with Crippen LogP contribution in [-0.2, 0) is 4.79 Å². The van der Waals surface area contributed by atoms with Crippen molar-refractivity contribution >= 4 is 51.5 Å². The first-order valence-corrected chi connectivity index (χ1v) is 9.97. The van der Waals surface area contributed by atoms with E-state index in [1.165, 1.54) is 0 Å². The SMILES string of the molecule is CCCCCC(=O)NC(=S)Nc1ccc(NC(=O)c2cc3ccccc3o2)cc1. The second kappa shape index (κ2) is 9.84. The van der Waals surface area contributed by atoms with E-state index < -0.39 is 0 Å². The van der Waals surface area contributed by atoms with Gasteiger partial charge >= 0.3 is 0 Å². The molecule has 6 nitrogen and oxygen atoms in total. The first kappa shape index (κ1) is 20.5. The molecular formula is C22H23N3O3S. The monoisotopic (exact) mass is 409 g/mol. The van der Waals surface area contributed by atoms with E-state index in [-0.39, 0.29) is 22.7 Å². The number of fused-ring (bicyclic) bond motifs is 1. The molecule has 29 heavy (non-hydrogen) atoms. The molecule has 0 radical (unpaired) electrons. The second-order valence-corrected chi connectivity index (χ2v) is 7.05. The van der Waals surface area contributed by atoms with Crippen molar-refractivity contribution in [3.8, 4) is 0 Å². The van der Waals surface area contributed by atoms with Crippen LogP contribution in [0.25, 0.3) is 11.0 Å². The fourth-order valence-corrected chi connectivity index (χ4v) is 3.04. The van der Waals surface area contributed by atoms with Crippen LogP contribution in [0, 0.1) is 0 Å². The molecule has 0 saturated carbocycles. The van der Waals surface area contributed by atoms with Gasteiger partial charge in [-0.1, -0.05) is 38.0 Å². The first-order chi connectivity index (χ1) is 14.0. The number of unbranched alkanes of at least 4 members (excludes halogenated alkanes) is 2. The van der Waals surface area contributed by atoms with Gasteiger partial charge in [-0.05, 0) is 55.0 Å². The number of furan rings is 1. The van der Waals surface area contributed by atoms with Gasteiger partial charge in [0, 0.05) is 23.2 Å². The highest BCUT2D eigenvalue weighted by molar-refractivity contribution is 7.80. The third-order valence-corrected chi connectivity index (χ3v) is 4.51. The lowest BCUT2D eigenvalue weighted by Crippen LogP contribution is -2.33. The molecule has 2 aromatic carbocycles. The van der Waals surface area contributed by atoms with Crippen LogP contribution in [-0.4, -0.2) is 16.9 Å². The molecule has 150 valence electrons. The van der Waals surface area contributed by atoms with E-state index in [9.17, 15) is 9.59 Å². The second-order valence-electron chi connectivity index (χ2n) is 6.64. The van der Waals surface area contributed by atoms with Crippen molar-refractivity contribution in [2.24, 2.45) is 0 Å². The quantitative estimate of drug-likeness (QED) is 0.374. The van der Waals surface area contributed by atoms with Crippen LogP contribution < -0.4 is 16.0 Å². The van der Waals surface area contributed by atoms with Crippen LogP contribution in [0.3, 0.4) is 0 Å². The van der Waals surface area contributed by atoms with E-state index in [0.717, 1.165) is 24.6 Å². The summed E-state index contributed by atoms with van der Waals surface area (Å²) in [6.07, 6.45) is 3.40. The number of carbonyl (C=O) groups excluding carboxylic acids is 2. The van der Waals surface area contributed by atoms with Crippen molar-refractivity contribution in [3.63, 3.8) is 0 Å². The molecule has 3 aromatic rings. The van der Waals surface area contributed by atoms with Gasteiger partial charge in [0.05, 0.1) is 0 Å². The number of para-hydroxylation sites is 1. The Morgan fingerprint density at radius 3 is 2.34 bits per heavy atom. The molecule has 0 saturated heterocycles. The molecule has 3 rings (SSSR count). The number of rotatable bonds is 7. The third-order valence-electron chi connectivity index (χ3n) is 4.31. The summed E-state index contributed by atoms with van der Waals surface area (Å²) in [6, 6.07) is 16.2. The van der Waals surface area contributed by atoms with Crippen molar-refractivity contribution in [3.05, 3.63) is 60.4 Å². The molecule has 1 aromatic heterocycles. The lowest BCUT2D eigenvalue weighted by molar-refractivity contribution is -0.119. The molecule has 0 aliphatic rings. The van der Waals surface area contributed by atoms with Crippen molar-refractivity contribution in [1.29, 1.82) is 0 Å². The Morgan fingerprint density at radius 2 is 1.66 bits per heavy atom. The maximum absolute atomic E-state index is 12.4. The van der Waals surface area contributed by atoms with E-state index in [1.54, 1.807) is 30.3 Å². The molecule has 3 N–H and O–H groups in total. The van der Waals surface area contributed by atoms with Crippen molar-refractivity contribution in [1.82, 2.24) is 5.32 Å². The first-order valence-electron chi connectivity index (χ1n) is 9.56. The molecule has 0 aliphatic heterocycles. The van der Waals surface area contributed by atoms with Gasteiger partial charge in [0.1, 0.15) is 5.58 Å². The Labute approximate surface area is 174 Å². The molecule has 2 amide bonds. The number of amides is 2. The van der Waals surface area contributed by atoms with E-state index >= 15 is 0 Å². The Kier molecular flexibility index (Phi) is 6.97. The highest BCUT2D eigenvalue weighted by atomic mass is 32.1. The van der Waals surface area contributed by atoms with Crippen LogP contribution in [0.1, 0.15) is 43.2 Å². The minimum Gasteiger partial charge on any atom is -0.451 e. The van der Waals surface area contributed by atoms with Crippen molar-refractivity contribution in [2.75, 3.05) is 10.6 Å². The normalized spacial score (nSPS) is 10.5. The fraction of sp³-hybridized carbons (Fsp3) is 0.227. The molecule has 0 fully saturated rings. The number of thiocarbonyl (C=S) groups is 1. The van der Waals surface area contributed by atoms with Gasteiger partial charge in [-0.25, -0.2) is 0 Å². The predicted octanol–water partition coefficient (Wildman–Crippen LogP) is 5.08. The van der Waals surface area contributed by atoms with Crippen LogP contribution in [0.15, 0.2) is 59.0 Å². The van der Waals surface area contributed by atoms with E-state index in [0.29, 0.717) is 23.4 Å². The van der Waals surface area contributed by atoms with Gasteiger partial charge in [0.15, 0.2) is 10.9 Å². The summed E-state index contributed by atoms with van der Waals surface area (Å²) in [5.74, 6) is -0.164. The largest absolute Gasteiger partial charge is 0.451 e. The van der Waals surface area contributed by atoms with Crippen LogP contribution >= 0.6 is 12.2 Å². The van der Waals surface area contributed by atoms with Gasteiger partial charge in [-0.2, -0.15) is 0 Å². The van der Waals surface area contributed by atoms with Gasteiger partial charge in [-0.15, -0.1) is 0 Å². The number of benzene rings is 2. The molecule has 0 atom stereocenters. The van der Waals surface area contributed by atoms with Crippen molar-refractivity contribution < 1.29 is 14.0 Å². The zero-order chi connectivity index (χ0) is 20.6. The maximum Gasteiger partial charge on any atom is 0.291 e. The topological polar surface area (TPSA) is 83.4 Å². The molecule has 0 spiro atoms. The Bertz CT molecular complexity index is 979. The number of anilines is 2. The average molecular weight is 410 g/mol. The Hall–Kier alpha value is -3.19. The number of hydrogen-bond donors (Lipinski definition) is 3. The van der Waals surface area contributed by atoms with Gasteiger partial charge in [-0.3, -0.25) is 9.59 Å². The summed E-state index contributed by atoms with van der Waals surface area (Å²) in [5, 5.41) is 9.56. The van der Waals surface area contributed by atoms with Crippen LogP contribution in [0.2, 0.25) is 0 Å². The molecule has 7 heteroatoms. The van der Waals surface area contributed by atoms with Gasteiger partial charge in [0.25, 0.3) is 5.91 Å². The standard InChI is InChI=1S/C22H23N3O3S/c1-2-3-4-9-20(26)25-22(29)24-17-12-10-16(11-13-17)23-21(27)19-14-15-7-5-6-8-18(15)28-19/h5-8,10-14H,2-4,9H2,1H3,(H,23,27)(H2,24,25,26,29). The summed E-state index contributed by atoms with van der Waals surface area (Å²) >= 11 is 5.16. The highest BCUT2D eigenvalue weighted by Crippen LogP contribution is 2.20. The minimum atomic E-state index is -0.322. The fourth-order valence-electron chi connectivity index (χ4n) is 2.81. The maximum atomic E-state index is 12.4. The summed E-state index contributed by atoms with van der Waals surface area (Å²) in [5.41, 5.74) is 2.00. The van der Waals surface area contributed by atoms with Gasteiger partial charge < -0.3 is 20.4 Å². The Balaban J connectivity index is 1.52. The summed E-state index contributed by atoms with van der Waals surface area (Å²) in [7, 11) is 0. The van der Waals surface area contributed by atoms with Crippen LogP contribution in [0.4, 0.5) is 11.4 Å². The highest BCUT2D eigenvalue weighted by Gasteiger charge is 2.12. The molecule has 0 bridgehead atoms. The molecule has 1 heterocycles. The Morgan fingerprint density at radius 1 is 0.966 bits per heavy atom. The minimum absolute atomic E-state index is 0.0920. The number of carbonyl (C=O) groups is 2. The van der Waals surface area contributed by atoms with Crippen molar-refractivity contribution in [2.45, 2.75) is 32.6 Å². The zero-order valence-corrected chi connectivity index (χ0v) is 17.0. The number of hydrogen-bond acceptors (Lipinski definition) is 4. The zero-order valence-electron chi connectivity index (χ0n) is 16.2. The van der Waals surface area contributed by atoms with Crippen LogP contribution in [0.5, 0.6) is 0 Å². The average Bonchev–Trinajstić information content (AvgIpc) is 3.14. The van der Waals surface area contributed by atoms with E-state index in [4.69, 9.17) is 16.6 Å². The lowest BCUT2D eigenvalue weighted by atomic mass is 10.2. The smallest absolute Gasteiger partial charge is 0.291 e. The molecular weight excluding hydrogens is 386 g/mol. The van der Waals surface area contributed by atoms with E-state index in [2.05, 4.69) is 22.9 Å². The van der Waals surface area contributed by atoms with Gasteiger partial charge in [0.2, 0.25) is 5.91 Å². The van der Waals surface area contributed by atoms with E-state index in [1.807, 2.05) is 24.3 Å². The molecule has 0 unspecified atom stereocenters. The summed E-state index contributed by atoms with van der Waals surface area (Å²) in [6.45, 7) is 2.09. The molecule has 0 aliphatic carbocycles. The summed E-state index contributed by atoms with van der Waals surface area (Å²) < 4.78 is 5.57. The summed E-state index contributed by atoms with van der Waals surface area (Å²) in [4.78, 5) is 24.2. The number of nitrogens with one attached hydrogen (secondary N) is 3. The third kappa shape index (κ3) is 5.89. The predicted molar refractivity (Wildman–Crippen MR) is 119 cm³/mol. The lowest BCUT2D eigenvalue weighted by Gasteiger charge is -2.10.